The molecule has 68 valence electrons. The molecule has 0 saturated carbocycles. The number of sulfone groups is 1. The SMILES string of the molecule is CS(=O)(=O)c1cccc(N)c1C#N. The summed E-state index contributed by atoms with van der Waals surface area (Å²) in [4.78, 5) is -0.0185. The van der Waals surface area contributed by atoms with Gasteiger partial charge in [-0.1, -0.05) is 6.07 Å². The number of nitrogen functional groups attached to an aromatic ring is 1. The monoisotopic (exact) mass is 196 g/mol. The summed E-state index contributed by atoms with van der Waals surface area (Å²) in [7, 11) is -3.37. The lowest BCUT2D eigenvalue weighted by Crippen LogP contribution is -2.02. The van der Waals surface area contributed by atoms with Gasteiger partial charge < -0.3 is 5.73 Å². The van der Waals surface area contributed by atoms with Crippen LogP contribution in [0.15, 0.2) is 23.1 Å². The summed E-state index contributed by atoms with van der Waals surface area (Å²) in [5, 5.41) is 8.67. The number of hydrogen-bond donors (Lipinski definition) is 1. The van der Waals surface area contributed by atoms with Gasteiger partial charge in [0.25, 0.3) is 0 Å². The van der Waals surface area contributed by atoms with Crippen molar-refractivity contribution < 1.29 is 8.42 Å². The molecule has 2 N–H and O–H groups in total. The van der Waals surface area contributed by atoms with Crippen LogP contribution in [-0.2, 0) is 9.84 Å². The summed E-state index contributed by atoms with van der Waals surface area (Å²) in [6.07, 6.45) is 1.04. The molecule has 0 fully saturated rings. The van der Waals surface area contributed by atoms with E-state index in [0.29, 0.717) is 0 Å². The lowest BCUT2D eigenvalue weighted by molar-refractivity contribution is 0.601. The first-order valence-electron chi connectivity index (χ1n) is 3.45. The highest BCUT2D eigenvalue weighted by Crippen LogP contribution is 2.20. The molecule has 0 bridgehead atoms. The molecule has 0 aliphatic carbocycles. The van der Waals surface area contributed by atoms with Gasteiger partial charge in [0.05, 0.1) is 16.1 Å². The van der Waals surface area contributed by atoms with Crippen molar-refractivity contribution in [2.45, 2.75) is 4.90 Å². The predicted octanol–water partition coefficient (Wildman–Crippen LogP) is 0.544. The first kappa shape index (κ1) is 9.55. The zero-order chi connectivity index (χ0) is 10.1. The Morgan fingerprint density at radius 2 is 2.08 bits per heavy atom. The molecule has 0 amide bonds. The van der Waals surface area contributed by atoms with Gasteiger partial charge in [0.15, 0.2) is 9.84 Å². The first-order chi connectivity index (χ1) is 5.96. The Hall–Kier alpha value is -1.54. The van der Waals surface area contributed by atoms with Gasteiger partial charge in [0.2, 0.25) is 0 Å². The molecule has 0 aliphatic heterocycles. The third-order valence-corrected chi connectivity index (χ3v) is 2.71. The molecule has 4 nitrogen and oxygen atoms in total. The van der Waals surface area contributed by atoms with E-state index in [1.807, 2.05) is 0 Å². The highest BCUT2D eigenvalue weighted by molar-refractivity contribution is 7.90. The van der Waals surface area contributed by atoms with E-state index in [-0.39, 0.29) is 16.1 Å². The van der Waals surface area contributed by atoms with Crippen molar-refractivity contribution in [1.82, 2.24) is 0 Å². The Morgan fingerprint density at radius 1 is 1.46 bits per heavy atom. The number of nitrogens with two attached hydrogens (primary N) is 1. The smallest absolute Gasteiger partial charge is 0.176 e. The molecular formula is C8H8N2O2S. The third kappa shape index (κ3) is 1.79. The van der Waals surface area contributed by atoms with Crippen LogP contribution in [-0.4, -0.2) is 14.7 Å². The largest absolute Gasteiger partial charge is 0.398 e. The fraction of sp³-hybridized carbons (Fsp3) is 0.125. The predicted molar refractivity (Wildman–Crippen MR) is 48.7 cm³/mol. The molecule has 0 aliphatic rings. The van der Waals surface area contributed by atoms with Crippen LogP contribution in [0.1, 0.15) is 5.56 Å². The maximum atomic E-state index is 11.2. The highest BCUT2D eigenvalue weighted by atomic mass is 32.2. The molecule has 0 heterocycles. The minimum absolute atomic E-state index is 0.0185. The molecule has 5 heteroatoms. The van der Waals surface area contributed by atoms with Crippen molar-refractivity contribution in [3.63, 3.8) is 0 Å². The molecule has 1 aromatic rings. The van der Waals surface area contributed by atoms with E-state index < -0.39 is 9.84 Å². The van der Waals surface area contributed by atoms with Crippen LogP contribution in [0.5, 0.6) is 0 Å². The number of benzene rings is 1. The first-order valence-corrected chi connectivity index (χ1v) is 5.34. The Balaban J connectivity index is 3.59. The van der Waals surface area contributed by atoms with Crippen LogP contribution < -0.4 is 5.73 Å². The van der Waals surface area contributed by atoms with Crippen LogP contribution in [0.25, 0.3) is 0 Å². The van der Waals surface area contributed by atoms with Gasteiger partial charge in [0.1, 0.15) is 6.07 Å². The maximum absolute atomic E-state index is 11.2. The van der Waals surface area contributed by atoms with Crippen molar-refractivity contribution in [2.24, 2.45) is 0 Å². The van der Waals surface area contributed by atoms with Crippen LogP contribution in [0, 0.1) is 11.3 Å². The van der Waals surface area contributed by atoms with Crippen LogP contribution in [0.3, 0.4) is 0 Å². The van der Waals surface area contributed by atoms with Crippen molar-refractivity contribution in [2.75, 3.05) is 12.0 Å². The van der Waals surface area contributed by atoms with Crippen LogP contribution >= 0.6 is 0 Å². The van der Waals surface area contributed by atoms with Gasteiger partial charge in [-0.2, -0.15) is 5.26 Å². The molecule has 0 saturated heterocycles. The molecular weight excluding hydrogens is 188 g/mol. The van der Waals surface area contributed by atoms with E-state index in [1.54, 1.807) is 6.07 Å². The third-order valence-electron chi connectivity index (χ3n) is 1.57. The van der Waals surface area contributed by atoms with Gasteiger partial charge >= 0.3 is 0 Å². The second kappa shape index (κ2) is 3.07. The normalized spacial score (nSPS) is 10.8. The standard InChI is InChI=1S/C8H8N2O2S/c1-13(11,12)8-4-2-3-7(10)6(8)5-9/h2-4H,10H2,1H3. The molecule has 13 heavy (non-hydrogen) atoms. The molecule has 0 radical (unpaired) electrons. The summed E-state index contributed by atoms with van der Waals surface area (Å²) >= 11 is 0. The van der Waals surface area contributed by atoms with Gasteiger partial charge in [0, 0.05) is 6.26 Å². The number of nitrogens with zero attached hydrogens (tertiary/aromatic N) is 1. The average Bonchev–Trinajstić information content (AvgIpc) is 2.02. The maximum Gasteiger partial charge on any atom is 0.176 e. The van der Waals surface area contributed by atoms with E-state index in [1.165, 1.54) is 18.2 Å². The topological polar surface area (TPSA) is 83.9 Å². The highest BCUT2D eigenvalue weighted by Gasteiger charge is 2.14. The average molecular weight is 196 g/mol. The van der Waals surface area contributed by atoms with Crippen LogP contribution in [0.2, 0.25) is 0 Å². The zero-order valence-electron chi connectivity index (χ0n) is 6.98. The number of anilines is 1. The van der Waals surface area contributed by atoms with E-state index in [9.17, 15) is 8.42 Å². The lowest BCUT2D eigenvalue weighted by atomic mass is 10.2. The Labute approximate surface area is 76.5 Å². The Morgan fingerprint density at radius 3 is 2.46 bits per heavy atom. The molecule has 1 aromatic carbocycles. The fourth-order valence-electron chi connectivity index (χ4n) is 0.977. The van der Waals surface area contributed by atoms with Gasteiger partial charge in [-0.15, -0.1) is 0 Å². The molecule has 0 spiro atoms. The van der Waals surface area contributed by atoms with Crippen molar-refractivity contribution in [3.8, 4) is 6.07 Å². The fourth-order valence-corrected chi connectivity index (χ4v) is 1.84. The summed E-state index contributed by atoms with van der Waals surface area (Å²) in [5.41, 5.74) is 5.65. The summed E-state index contributed by atoms with van der Waals surface area (Å²) in [5.74, 6) is 0. The van der Waals surface area contributed by atoms with Gasteiger partial charge in [-0.3, -0.25) is 0 Å². The summed E-state index contributed by atoms with van der Waals surface area (Å²) in [6, 6.07) is 6.13. The number of nitriles is 1. The quantitative estimate of drug-likeness (QED) is 0.664. The van der Waals surface area contributed by atoms with Crippen LogP contribution in [0.4, 0.5) is 5.69 Å². The molecule has 0 aromatic heterocycles. The zero-order valence-corrected chi connectivity index (χ0v) is 7.80. The van der Waals surface area contributed by atoms with Crippen molar-refractivity contribution >= 4 is 15.5 Å². The van der Waals surface area contributed by atoms with E-state index in [0.717, 1.165) is 6.26 Å². The van der Waals surface area contributed by atoms with E-state index >= 15 is 0 Å². The molecule has 0 unspecified atom stereocenters. The Bertz CT molecular complexity index is 471. The molecule has 1 rings (SSSR count). The number of rotatable bonds is 1. The minimum Gasteiger partial charge on any atom is -0.398 e. The molecule has 0 atom stereocenters. The second-order valence-corrected chi connectivity index (χ2v) is 4.59. The van der Waals surface area contributed by atoms with Crippen molar-refractivity contribution in [3.05, 3.63) is 23.8 Å². The van der Waals surface area contributed by atoms with Gasteiger partial charge in [-0.25, -0.2) is 8.42 Å². The van der Waals surface area contributed by atoms with E-state index in [4.69, 9.17) is 11.0 Å². The Kier molecular flexibility index (Phi) is 2.26. The van der Waals surface area contributed by atoms with Crippen molar-refractivity contribution in [1.29, 1.82) is 5.26 Å². The lowest BCUT2D eigenvalue weighted by Gasteiger charge is -2.02. The van der Waals surface area contributed by atoms with Gasteiger partial charge in [-0.05, 0) is 12.1 Å². The number of hydrogen-bond acceptors (Lipinski definition) is 4. The summed E-state index contributed by atoms with van der Waals surface area (Å²) in [6.45, 7) is 0. The van der Waals surface area contributed by atoms with E-state index in [2.05, 4.69) is 0 Å². The summed E-state index contributed by atoms with van der Waals surface area (Å²) < 4.78 is 22.3. The minimum atomic E-state index is -3.37. The second-order valence-electron chi connectivity index (χ2n) is 2.60.